The molecule has 0 aliphatic carbocycles. The monoisotopic (exact) mass is 568 g/mol. The summed E-state index contributed by atoms with van der Waals surface area (Å²) >= 11 is 1.35. The van der Waals surface area contributed by atoms with Gasteiger partial charge in [0.2, 0.25) is 5.91 Å². The zero-order valence-corrected chi connectivity index (χ0v) is 23.2. The molecule has 1 aromatic heterocycles. The number of thioether (sulfide) groups is 1. The first-order valence-electron chi connectivity index (χ1n) is 12.5. The van der Waals surface area contributed by atoms with E-state index in [0.29, 0.717) is 34.1 Å². The topological polar surface area (TPSA) is 119 Å². The van der Waals surface area contributed by atoms with E-state index in [4.69, 9.17) is 9.47 Å². The number of nitrogens with one attached hydrogen (secondary N) is 3. The van der Waals surface area contributed by atoms with Crippen molar-refractivity contribution in [2.24, 2.45) is 0 Å². The maximum atomic E-state index is 13.4. The predicted molar refractivity (Wildman–Crippen MR) is 160 cm³/mol. The van der Waals surface area contributed by atoms with E-state index in [1.54, 1.807) is 97.2 Å². The smallest absolute Gasteiger partial charge is 0.272 e. The van der Waals surface area contributed by atoms with E-state index >= 15 is 0 Å². The van der Waals surface area contributed by atoms with Gasteiger partial charge in [0.1, 0.15) is 11.5 Å². The van der Waals surface area contributed by atoms with E-state index in [-0.39, 0.29) is 17.4 Å². The molecule has 9 nitrogen and oxygen atoms in total. The van der Waals surface area contributed by atoms with Crippen LogP contribution in [0.4, 0.5) is 11.5 Å². The van der Waals surface area contributed by atoms with E-state index in [1.165, 1.54) is 32.1 Å². The Balaban J connectivity index is 1.48. The largest absolute Gasteiger partial charge is 0.493 e. The molecule has 10 heteroatoms. The standard InChI is InChI=1S/C31H28N4O5S/c1-39-26-12-8-11-22(29(26)40-2)19-25(34-30(37)21-9-4-3-5-10-21)31(38)33-23-14-16-24(17-15-23)41-20-28(36)35-27-13-6-7-18-32-27/h3-19H,20H2,1-2H3,(H,33,38)(H,34,37)(H,32,35,36)/b25-19-. The summed E-state index contributed by atoms with van der Waals surface area (Å²) in [6.45, 7) is 0. The van der Waals surface area contributed by atoms with Crippen LogP contribution in [0.5, 0.6) is 11.5 Å². The molecule has 4 aromatic rings. The number of amides is 3. The van der Waals surface area contributed by atoms with Gasteiger partial charge in [0, 0.05) is 27.9 Å². The second-order valence-electron chi connectivity index (χ2n) is 8.49. The van der Waals surface area contributed by atoms with Gasteiger partial charge in [-0.1, -0.05) is 36.4 Å². The minimum absolute atomic E-state index is 0.00931. The summed E-state index contributed by atoms with van der Waals surface area (Å²) in [5, 5.41) is 8.27. The second kappa shape index (κ2) is 14.3. The highest BCUT2D eigenvalue weighted by molar-refractivity contribution is 8.00. The molecule has 0 spiro atoms. The molecule has 0 radical (unpaired) electrons. The molecule has 0 saturated heterocycles. The molecule has 0 aliphatic heterocycles. The predicted octanol–water partition coefficient (Wildman–Crippen LogP) is 5.24. The van der Waals surface area contributed by atoms with Crippen LogP contribution in [0.15, 0.2) is 108 Å². The van der Waals surface area contributed by atoms with Crippen LogP contribution in [0.25, 0.3) is 6.08 Å². The summed E-state index contributed by atoms with van der Waals surface area (Å²) in [5.74, 6) is 0.441. The molecule has 3 aromatic carbocycles. The number of anilines is 2. The number of rotatable bonds is 11. The summed E-state index contributed by atoms with van der Waals surface area (Å²) in [6, 6.07) is 26.2. The Morgan fingerprint density at radius 2 is 1.59 bits per heavy atom. The van der Waals surface area contributed by atoms with E-state index in [0.717, 1.165) is 4.90 Å². The van der Waals surface area contributed by atoms with Crippen molar-refractivity contribution in [2.75, 3.05) is 30.6 Å². The van der Waals surface area contributed by atoms with Gasteiger partial charge in [0.05, 0.1) is 20.0 Å². The number of methoxy groups -OCH3 is 2. The number of carbonyl (C=O) groups excluding carboxylic acids is 3. The Hall–Kier alpha value is -5.09. The Bertz CT molecular complexity index is 1530. The number of para-hydroxylation sites is 1. The highest BCUT2D eigenvalue weighted by Gasteiger charge is 2.17. The normalized spacial score (nSPS) is 10.8. The summed E-state index contributed by atoms with van der Waals surface area (Å²) in [6.07, 6.45) is 3.14. The molecule has 0 fully saturated rings. The molecule has 0 atom stereocenters. The Morgan fingerprint density at radius 1 is 0.829 bits per heavy atom. The van der Waals surface area contributed by atoms with E-state index < -0.39 is 11.8 Å². The van der Waals surface area contributed by atoms with Gasteiger partial charge in [0.25, 0.3) is 11.8 Å². The van der Waals surface area contributed by atoms with Crippen LogP contribution in [0.1, 0.15) is 15.9 Å². The molecule has 0 unspecified atom stereocenters. The quantitative estimate of drug-likeness (QED) is 0.167. The lowest BCUT2D eigenvalue weighted by molar-refractivity contribution is -0.114. The van der Waals surface area contributed by atoms with Crippen molar-refractivity contribution in [3.05, 3.63) is 114 Å². The number of carbonyl (C=O) groups is 3. The van der Waals surface area contributed by atoms with E-state index in [2.05, 4.69) is 20.9 Å². The number of hydrogen-bond acceptors (Lipinski definition) is 7. The molecule has 208 valence electrons. The van der Waals surface area contributed by atoms with Crippen molar-refractivity contribution in [3.63, 3.8) is 0 Å². The molecule has 4 rings (SSSR count). The van der Waals surface area contributed by atoms with Crippen molar-refractivity contribution < 1.29 is 23.9 Å². The molecule has 1 heterocycles. The van der Waals surface area contributed by atoms with Crippen LogP contribution in [-0.2, 0) is 9.59 Å². The van der Waals surface area contributed by atoms with Gasteiger partial charge in [0.15, 0.2) is 11.5 Å². The molecule has 0 bridgehead atoms. The van der Waals surface area contributed by atoms with Gasteiger partial charge in [-0.05, 0) is 60.7 Å². The number of ether oxygens (including phenoxy) is 2. The fourth-order valence-corrected chi connectivity index (χ4v) is 4.42. The van der Waals surface area contributed by atoms with Crippen molar-refractivity contribution in [1.29, 1.82) is 0 Å². The number of nitrogens with zero attached hydrogens (tertiary/aromatic N) is 1. The summed E-state index contributed by atoms with van der Waals surface area (Å²) in [5.41, 5.74) is 1.46. The van der Waals surface area contributed by atoms with Crippen LogP contribution >= 0.6 is 11.8 Å². The van der Waals surface area contributed by atoms with Gasteiger partial charge in [-0.2, -0.15) is 0 Å². The first kappa shape index (κ1) is 28.9. The second-order valence-corrected chi connectivity index (χ2v) is 9.54. The Morgan fingerprint density at radius 3 is 2.27 bits per heavy atom. The first-order valence-corrected chi connectivity index (χ1v) is 13.5. The van der Waals surface area contributed by atoms with Crippen LogP contribution < -0.4 is 25.4 Å². The fourth-order valence-electron chi connectivity index (χ4n) is 3.72. The molecular weight excluding hydrogens is 540 g/mol. The zero-order valence-electron chi connectivity index (χ0n) is 22.4. The van der Waals surface area contributed by atoms with Crippen molar-refractivity contribution in [3.8, 4) is 11.5 Å². The number of pyridine rings is 1. The van der Waals surface area contributed by atoms with E-state index in [9.17, 15) is 14.4 Å². The lowest BCUT2D eigenvalue weighted by Gasteiger charge is -2.14. The van der Waals surface area contributed by atoms with Crippen LogP contribution in [0, 0.1) is 0 Å². The number of benzene rings is 3. The fraction of sp³-hybridized carbons (Fsp3) is 0.0968. The third-order valence-electron chi connectivity index (χ3n) is 5.68. The van der Waals surface area contributed by atoms with E-state index in [1.807, 2.05) is 0 Å². The Labute approximate surface area is 242 Å². The van der Waals surface area contributed by atoms with Gasteiger partial charge in [-0.25, -0.2) is 4.98 Å². The van der Waals surface area contributed by atoms with Gasteiger partial charge >= 0.3 is 0 Å². The number of aromatic nitrogens is 1. The molecule has 0 saturated carbocycles. The maximum absolute atomic E-state index is 13.4. The number of hydrogen-bond donors (Lipinski definition) is 3. The average molecular weight is 569 g/mol. The SMILES string of the molecule is COc1cccc(/C=C(\NC(=O)c2ccccc2)C(=O)Nc2ccc(SCC(=O)Nc3ccccn3)cc2)c1OC. The Kier molecular flexibility index (Phi) is 10.1. The first-order chi connectivity index (χ1) is 20.0. The molecular formula is C31H28N4O5S. The molecule has 0 aliphatic rings. The molecule has 3 amide bonds. The third kappa shape index (κ3) is 8.20. The van der Waals surface area contributed by atoms with Crippen molar-refractivity contribution in [1.82, 2.24) is 10.3 Å². The van der Waals surface area contributed by atoms with Crippen LogP contribution in [0.2, 0.25) is 0 Å². The molecule has 3 N–H and O–H groups in total. The minimum Gasteiger partial charge on any atom is -0.493 e. The van der Waals surface area contributed by atoms with Crippen LogP contribution in [-0.4, -0.2) is 42.7 Å². The van der Waals surface area contributed by atoms with Gasteiger partial charge in [-0.3, -0.25) is 14.4 Å². The van der Waals surface area contributed by atoms with Crippen LogP contribution in [0.3, 0.4) is 0 Å². The molecule has 41 heavy (non-hydrogen) atoms. The lowest BCUT2D eigenvalue weighted by atomic mass is 10.1. The lowest BCUT2D eigenvalue weighted by Crippen LogP contribution is -2.30. The zero-order chi connectivity index (χ0) is 29.0. The average Bonchev–Trinajstić information content (AvgIpc) is 3.01. The summed E-state index contributed by atoms with van der Waals surface area (Å²) < 4.78 is 10.9. The third-order valence-corrected chi connectivity index (χ3v) is 6.69. The maximum Gasteiger partial charge on any atom is 0.272 e. The van der Waals surface area contributed by atoms with Gasteiger partial charge < -0.3 is 25.4 Å². The summed E-state index contributed by atoms with van der Waals surface area (Å²) in [7, 11) is 3.02. The van der Waals surface area contributed by atoms with Gasteiger partial charge in [-0.15, -0.1) is 11.8 Å². The van der Waals surface area contributed by atoms with Crippen molar-refractivity contribution >= 4 is 47.1 Å². The minimum atomic E-state index is -0.533. The highest BCUT2D eigenvalue weighted by Crippen LogP contribution is 2.32. The highest BCUT2D eigenvalue weighted by atomic mass is 32.2. The van der Waals surface area contributed by atoms with Crippen molar-refractivity contribution in [2.45, 2.75) is 4.90 Å². The summed E-state index contributed by atoms with van der Waals surface area (Å²) in [4.78, 5) is 43.5.